The maximum Gasteiger partial charge on any atom is 0.161 e. The molecule has 0 saturated heterocycles. The van der Waals surface area contributed by atoms with E-state index in [1.165, 1.54) is 5.56 Å². The van der Waals surface area contributed by atoms with Crippen LogP contribution in [0.3, 0.4) is 0 Å². The highest BCUT2D eigenvalue weighted by Gasteiger charge is 2.14. The van der Waals surface area contributed by atoms with Crippen LogP contribution in [0.15, 0.2) is 18.2 Å². The quantitative estimate of drug-likeness (QED) is 0.802. The first kappa shape index (κ1) is 9.90. The summed E-state index contributed by atoms with van der Waals surface area (Å²) in [4.78, 5) is 0. The van der Waals surface area contributed by atoms with Crippen LogP contribution in [-0.2, 0) is 6.42 Å². The van der Waals surface area contributed by atoms with E-state index in [2.05, 4.69) is 0 Å². The largest absolute Gasteiger partial charge is 0.493 e. The molecule has 1 aliphatic rings. The Hall–Kier alpha value is -1.64. The summed E-state index contributed by atoms with van der Waals surface area (Å²) in [5.41, 5.74) is 9.05. The zero-order chi connectivity index (χ0) is 10.8. The van der Waals surface area contributed by atoms with Crippen molar-refractivity contribution in [3.8, 4) is 11.5 Å². The van der Waals surface area contributed by atoms with Gasteiger partial charge in [-0.25, -0.2) is 0 Å². The second kappa shape index (κ2) is 3.85. The van der Waals surface area contributed by atoms with Gasteiger partial charge in [-0.2, -0.15) is 0 Å². The minimum Gasteiger partial charge on any atom is -0.493 e. The highest BCUT2D eigenvalue weighted by atomic mass is 16.5. The maximum atomic E-state index is 5.93. The number of benzene rings is 1. The molecular weight excluding hydrogens is 190 g/mol. The molecule has 15 heavy (non-hydrogen) atoms. The molecular formula is C12H15NO2. The lowest BCUT2D eigenvalue weighted by atomic mass is 9.94. The fourth-order valence-corrected chi connectivity index (χ4v) is 1.89. The molecule has 1 aromatic carbocycles. The van der Waals surface area contributed by atoms with Crippen LogP contribution < -0.4 is 15.2 Å². The average molecular weight is 205 g/mol. The van der Waals surface area contributed by atoms with Crippen LogP contribution in [-0.4, -0.2) is 14.2 Å². The molecule has 0 heterocycles. The van der Waals surface area contributed by atoms with Gasteiger partial charge in [-0.15, -0.1) is 0 Å². The van der Waals surface area contributed by atoms with Gasteiger partial charge in [0.2, 0.25) is 0 Å². The van der Waals surface area contributed by atoms with Crippen molar-refractivity contribution < 1.29 is 9.47 Å². The van der Waals surface area contributed by atoms with Gasteiger partial charge in [-0.1, -0.05) is 6.08 Å². The smallest absolute Gasteiger partial charge is 0.161 e. The van der Waals surface area contributed by atoms with Crippen LogP contribution in [0.2, 0.25) is 0 Å². The molecule has 0 spiro atoms. The molecule has 80 valence electrons. The minimum atomic E-state index is 0.731. The molecule has 0 fully saturated rings. The van der Waals surface area contributed by atoms with E-state index in [-0.39, 0.29) is 0 Å². The summed E-state index contributed by atoms with van der Waals surface area (Å²) in [6, 6.07) is 3.95. The number of allylic oxidation sites excluding steroid dienone is 1. The van der Waals surface area contributed by atoms with E-state index in [9.17, 15) is 0 Å². The normalized spacial score (nSPS) is 14.1. The Morgan fingerprint density at radius 3 is 2.47 bits per heavy atom. The molecule has 3 nitrogen and oxygen atoms in total. The van der Waals surface area contributed by atoms with Crippen LogP contribution in [0.4, 0.5) is 0 Å². The van der Waals surface area contributed by atoms with E-state index in [1.54, 1.807) is 14.2 Å². The minimum absolute atomic E-state index is 0.731. The highest BCUT2D eigenvalue weighted by Crippen LogP contribution is 2.34. The number of hydrogen-bond acceptors (Lipinski definition) is 3. The van der Waals surface area contributed by atoms with Crippen LogP contribution in [0.25, 0.3) is 5.70 Å². The van der Waals surface area contributed by atoms with Crippen molar-refractivity contribution in [2.75, 3.05) is 14.2 Å². The van der Waals surface area contributed by atoms with Crippen LogP contribution in [0.1, 0.15) is 17.5 Å². The van der Waals surface area contributed by atoms with Crippen molar-refractivity contribution in [2.24, 2.45) is 5.73 Å². The van der Waals surface area contributed by atoms with Gasteiger partial charge in [0.15, 0.2) is 11.5 Å². The van der Waals surface area contributed by atoms with Gasteiger partial charge >= 0.3 is 0 Å². The molecule has 2 rings (SSSR count). The standard InChI is InChI=1S/C12H15NO2/c1-14-11-6-8-4-3-5-10(13)9(8)7-12(11)15-2/h5-7H,3-4,13H2,1-2H3. The molecule has 0 atom stereocenters. The Balaban J connectivity index is 2.55. The van der Waals surface area contributed by atoms with Gasteiger partial charge < -0.3 is 15.2 Å². The molecule has 3 heteroatoms. The van der Waals surface area contributed by atoms with Gasteiger partial charge in [-0.3, -0.25) is 0 Å². The lowest BCUT2D eigenvalue weighted by Crippen LogP contribution is -2.07. The van der Waals surface area contributed by atoms with Crippen LogP contribution in [0.5, 0.6) is 11.5 Å². The summed E-state index contributed by atoms with van der Waals surface area (Å²) in [6.45, 7) is 0. The molecule has 0 aromatic heterocycles. The third-order valence-electron chi connectivity index (χ3n) is 2.70. The number of aryl methyl sites for hydroxylation is 1. The van der Waals surface area contributed by atoms with Crippen molar-refractivity contribution in [3.05, 3.63) is 29.3 Å². The van der Waals surface area contributed by atoms with Crippen molar-refractivity contribution in [1.29, 1.82) is 0 Å². The molecule has 0 saturated carbocycles. The van der Waals surface area contributed by atoms with Crippen molar-refractivity contribution >= 4 is 5.70 Å². The number of methoxy groups -OCH3 is 2. The fraction of sp³-hybridized carbons (Fsp3) is 0.333. The molecule has 0 bridgehead atoms. The Morgan fingerprint density at radius 2 is 1.80 bits per heavy atom. The third kappa shape index (κ3) is 1.65. The third-order valence-corrected chi connectivity index (χ3v) is 2.70. The van der Waals surface area contributed by atoms with E-state index < -0.39 is 0 Å². The molecule has 1 aliphatic carbocycles. The topological polar surface area (TPSA) is 44.5 Å². The van der Waals surface area contributed by atoms with E-state index in [1.807, 2.05) is 18.2 Å². The summed E-state index contributed by atoms with van der Waals surface area (Å²) >= 11 is 0. The first-order valence-electron chi connectivity index (χ1n) is 4.97. The van der Waals surface area contributed by atoms with E-state index in [0.29, 0.717) is 0 Å². The van der Waals surface area contributed by atoms with Gasteiger partial charge in [0.25, 0.3) is 0 Å². The SMILES string of the molecule is COc1cc2c(cc1OC)C(N)=CCC2. The average Bonchev–Trinajstić information content (AvgIpc) is 2.28. The predicted octanol–water partition coefficient (Wildman–Crippen LogP) is 1.95. The summed E-state index contributed by atoms with van der Waals surface area (Å²) in [7, 11) is 3.28. The summed E-state index contributed by atoms with van der Waals surface area (Å²) in [6.07, 6.45) is 4.05. The molecule has 1 aromatic rings. The van der Waals surface area contributed by atoms with Crippen molar-refractivity contribution in [2.45, 2.75) is 12.8 Å². The number of fused-ring (bicyclic) bond motifs is 1. The molecule has 0 unspecified atom stereocenters. The monoisotopic (exact) mass is 205 g/mol. The molecule has 0 radical (unpaired) electrons. The number of nitrogens with two attached hydrogens (primary N) is 1. The lowest BCUT2D eigenvalue weighted by molar-refractivity contribution is 0.354. The van der Waals surface area contributed by atoms with Gasteiger partial charge in [0.1, 0.15) is 0 Å². The zero-order valence-corrected chi connectivity index (χ0v) is 9.04. The van der Waals surface area contributed by atoms with Gasteiger partial charge in [0, 0.05) is 11.3 Å². The second-order valence-corrected chi connectivity index (χ2v) is 3.56. The van der Waals surface area contributed by atoms with Crippen molar-refractivity contribution in [1.82, 2.24) is 0 Å². The second-order valence-electron chi connectivity index (χ2n) is 3.56. The van der Waals surface area contributed by atoms with Crippen molar-refractivity contribution in [3.63, 3.8) is 0 Å². The lowest BCUT2D eigenvalue weighted by Gasteiger charge is -2.17. The van der Waals surface area contributed by atoms with E-state index >= 15 is 0 Å². The fourth-order valence-electron chi connectivity index (χ4n) is 1.89. The Morgan fingerprint density at radius 1 is 1.13 bits per heavy atom. The molecule has 0 amide bonds. The number of rotatable bonds is 2. The highest BCUT2D eigenvalue weighted by molar-refractivity contribution is 5.70. The van der Waals surface area contributed by atoms with Gasteiger partial charge in [-0.05, 0) is 30.5 Å². The first-order chi connectivity index (χ1) is 7.26. The predicted molar refractivity (Wildman–Crippen MR) is 60.0 cm³/mol. The summed E-state index contributed by atoms with van der Waals surface area (Å²) in [5, 5.41) is 0. The summed E-state index contributed by atoms with van der Waals surface area (Å²) < 4.78 is 10.5. The van der Waals surface area contributed by atoms with Gasteiger partial charge in [0.05, 0.1) is 14.2 Å². The van der Waals surface area contributed by atoms with Crippen LogP contribution in [0, 0.1) is 0 Å². The summed E-state index contributed by atoms with van der Waals surface area (Å²) in [5.74, 6) is 1.50. The molecule has 0 aliphatic heterocycles. The zero-order valence-electron chi connectivity index (χ0n) is 9.04. The number of hydrogen-bond donors (Lipinski definition) is 1. The van der Waals surface area contributed by atoms with Crippen LogP contribution >= 0.6 is 0 Å². The molecule has 2 N–H and O–H groups in total. The Kier molecular flexibility index (Phi) is 2.54. The maximum absolute atomic E-state index is 5.93. The van der Waals surface area contributed by atoms with E-state index in [4.69, 9.17) is 15.2 Å². The van der Waals surface area contributed by atoms with E-state index in [0.717, 1.165) is 35.6 Å². The Labute approximate surface area is 89.5 Å². The first-order valence-corrected chi connectivity index (χ1v) is 4.97. The number of ether oxygens (including phenoxy) is 2. The Bertz CT molecular complexity index is 410.